The fraction of sp³-hybridized carbons (Fsp3) is 0.684. The Labute approximate surface area is 172 Å². The first-order valence-electron chi connectivity index (χ1n) is 10.2. The van der Waals surface area contributed by atoms with Gasteiger partial charge < -0.3 is 4.90 Å². The van der Waals surface area contributed by atoms with Gasteiger partial charge >= 0.3 is 0 Å². The molecular weight excluding hydrogens is 390 g/mol. The van der Waals surface area contributed by atoms with Crippen LogP contribution in [0.15, 0.2) is 6.20 Å². The Kier molecular flexibility index (Phi) is 4.41. The second-order valence-electron chi connectivity index (χ2n) is 9.15. The van der Waals surface area contributed by atoms with E-state index in [1.807, 2.05) is 0 Å². The minimum absolute atomic E-state index is 0.0439. The lowest BCUT2D eigenvalue weighted by atomic mass is 9.50. The average Bonchev–Trinajstić information content (AvgIpc) is 3.30. The van der Waals surface area contributed by atoms with Crippen molar-refractivity contribution in [3.05, 3.63) is 16.9 Å². The van der Waals surface area contributed by atoms with Gasteiger partial charge in [0.1, 0.15) is 11.6 Å². The maximum atomic E-state index is 12.5. The molecule has 0 aliphatic heterocycles. The average molecular weight is 416 g/mol. The molecule has 0 aromatic carbocycles. The molecule has 4 bridgehead atoms. The van der Waals surface area contributed by atoms with Crippen molar-refractivity contribution in [1.29, 1.82) is 0 Å². The molecule has 6 rings (SSSR count). The molecule has 2 aromatic heterocycles. The summed E-state index contributed by atoms with van der Waals surface area (Å²) in [6.07, 6.45) is 9.27. The van der Waals surface area contributed by atoms with E-state index >= 15 is 0 Å². The number of nitrogens with one attached hydrogen (secondary N) is 1. The molecule has 4 fully saturated rings. The molecule has 4 aliphatic rings. The summed E-state index contributed by atoms with van der Waals surface area (Å²) in [4.78, 5) is 25.8. The van der Waals surface area contributed by atoms with E-state index in [9.17, 15) is 9.59 Å². The van der Waals surface area contributed by atoms with Crippen LogP contribution >= 0.6 is 11.3 Å². The van der Waals surface area contributed by atoms with Crippen molar-refractivity contribution in [3.8, 4) is 0 Å². The van der Waals surface area contributed by atoms with Crippen LogP contribution in [0.25, 0.3) is 0 Å². The minimum Gasteiger partial charge on any atom is -0.347 e. The predicted octanol–water partition coefficient (Wildman–Crippen LogP) is 1.94. The molecule has 29 heavy (non-hydrogen) atoms. The van der Waals surface area contributed by atoms with Gasteiger partial charge in [0.2, 0.25) is 11.0 Å². The third-order valence-electron chi connectivity index (χ3n) is 6.70. The molecule has 0 atom stereocenters. The molecule has 4 saturated carbocycles. The highest BCUT2D eigenvalue weighted by atomic mass is 32.1. The lowest BCUT2D eigenvalue weighted by Crippen LogP contribution is -2.48. The smallest absolute Gasteiger partial charge is 0.279 e. The van der Waals surface area contributed by atoms with E-state index in [-0.39, 0.29) is 29.5 Å². The van der Waals surface area contributed by atoms with Gasteiger partial charge in [0, 0.05) is 19.5 Å². The first-order chi connectivity index (χ1) is 13.9. The summed E-state index contributed by atoms with van der Waals surface area (Å²) in [7, 11) is 3.34. The summed E-state index contributed by atoms with van der Waals surface area (Å²) in [5, 5.41) is 20.8. The number of carbonyl (C=O) groups is 2. The second kappa shape index (κ2) is 6.86. The van der Waals surface area contributed by atoms with E-state index in [2.05, 4.69) is 25.8 Å². The molecule has 4 aliphatic carbocycles. The van der Waals surface area contributed by atoms with Gasteiger partial charge in [-0.05, 0) is 56.3 Å². The number of likely N-dealkylation sites (N-methyl/N-ethyl adjacent to an activating group) is 1. The third kappa shape index (κ3) is 3.43. The van der Waals surface area contributed by atoms with Crippen LogP contribution in [0.3, 0.4) is 0 Å². The van der Waals surface area contributed by atoms with Crippen molar-refractivity contribution >= 4 is 28.3 Å². The Balaban J connectivity index is 1.27. The predicted molar refractivity (Wildman–Crippen MR) is 106 cm³/mol. The van der Waals surface area contributed by atoms with Gasteiger partial charge in [-0.3, -0.25) is 14.9 Å². The first kappa shape index (κ1) is 18.7. The molecule has 154 valence electrons. The normalized spacial score (nSPS) is 29.8. The molecule has 1 N–H and O–H groups in total. The van der Waals surface area contributed by atoms with Crippen molar-refractivity contribution in [2.75, 3.05) is 19.4 Å². The monoisotopic (exact) mass is 415 g/mol. The Morgan fingerprint density at radius 1 is 1.14 bits per heavy atom. The van der Waals surface area contributed by atoms with Gasteiger partial charge in [0.25, 0.3) is 5.91 Å². The van der Waals surface area contributed by atoms with E-state index in [4.69, 9.17) is 0 Å². The van der Waals surface area contributed by atoms with Crippen LogP contribution in [-0.2, 0) is 16.8 Å². The lowest BCUT2D eigenvalue weighted by Gasteiger charge is -2.55. The van der Waals surface area contributed by atoms with Crippen molar-refractivity contribution in [2.24, 2.45) is 17.8 Å². The lowest BCUT2D eigenvalue weighted by molar-refractivity contribution is -0.129. The van der Waals surface area contributed by atoms with Crippen LogP contribution in [0.2, 0.25) is 0 Å². The highest BCUT2D eigenvalue weighted by molar-refractivity contribution is 7.15. The van der Waals surface area contributed by atoms with Crippen LogP contribution in [-0.4, -0.2) is 56.0 Å². The van der Waals surface area contributed by atoms with Crippen molar-refractivity contribution in [2.45, 2.75) is 50.5 Å². The molecule has 10 heteroatoms. The molecule has 0 radical (unpaired) electrons. The molecular formula is C19H25N7O2S. The van der Waals surface area contributed by atoms with E-state index in [0.29, 0.717) is 5.13 Å². The Morgan fingerprint density at radius 3 is 2.41 bits per heavy atom. The molecule has 0 saturated heterocycles. The summed E-state index contributed by atoms with van der Waals surface area (Å²) >= 11 is 1.50. The van der Waals surface area contributed by atoms with Crippen LogP contribution in [0, 0.1) is 17.8 Å². The molecule has 2 aromatic rings. The number of hydrogen-bond acceptors (Lipinski definition) is 7. The maximum absolute atomic E-state index is 12.5. The number of anilines is 1. The van der Waals surface area contributed by atoms with Gasteiger partial charge in [-0.15, -0.1) is 15.3 Å². The molecule has 2 heterocycles. The molecule has 9 nitrogen and oxygen atoms in total. The summed E-state index contributed by atoms with van der Waals surface area (Å²) in [5.74, 6) is 2.00. The largest absolute Gasteiger partial charge is 0.347 e. The van der Waals surface area contributed by atoms with Crippen molar-refractivity contribution in [3.63, 3.8) is 0 Å². The van der Waals surface area contributed by atoms with Crippen LogP contribution in [0.5, 0.6) is 0 Å². The van der Waals surface area contributed by atoms with E-state index in [1.165, 1.54) is 65.6 Å². The van der Waals surface area contributed by atoms with Gasteiger partial charge in [-0.1, -0.05) is 16.6 Å². The fourth-order valence-electron chi connectivity index (χ4n) is 5.78. The van der Waals surface area contributed by atoms with Gasteiger partial charge in [0.05, 0.1) is 6.20 Å². The zero-order valence-corrected chi connectivity index (χ0v) is 17.5. The number of nitrogens with zero attached hydrogens (tertiary/aromatic N) is 6. The van der Waals surface area contributed by atoms with E-state index < -0.39 is 0 Å². The molecule has 0 unspecified atom stereocenters. The fourth-order valence-corrected chi connectivity index (χ4v) is 6.74. The summed E-state index contributed by atoms with van der Waals surface area (Å²) in [6, 6.07) is 0. The summed E-state index contributed by atoms with van der Waals surface area (Å²) in [6.45, 7) is 0.0439. The quantitative estimate of drug-likeness (QED) is 0.800. The van der Waals surface area contributed by atoms with E-state index in [0.717, 1.165) is 22.8 Å². The van der Waals surface area contributed by atoms with Crippen LogP contribution in [0.4, 0.5) is 5.13 Å². The SMILES string of the molecule is CN(C)C(=O)Cn1cc(C(=O)Nc2nnc(C34CC5CC(CC(C5)C3)C4)s2)nn1. The summed E-state index contributed by atoms with van der Waals surface area (Å²) in [5.41, 5.74) is 0.327. The van der Waals surface area contributed by atoms with Crippen LogP contribution < -0.4 is 5.32 Å². The first-order valence-corrected chi connectivity index (χ1v) is 11.0. The Hall–Kier alpha value is -2.36. The summed E-state index contributed by atoms with van der Waals surface area (Å²) < 4.78 is 1.36. The van der Waals surface area contributed by atoms with Crippen molar-refractivity contribution < 1.29 is 9.59 Å². The topological polar surface area (TPSA) is 106 Å². The van der Waals surface area contributed by atoms with Gasteiger partial charge in [-0.2, -0.15) is 0 Å². The zero-order chi connectivity index (χ0) is 20.2. The van der Waals surface area contributed by atoms with Gasteiger partial charge in [-0.25, -0.2) is 4.68 Å². The number of amides is 2. The number of hydrogen-bond donors (Lipinski definition) is 1. The highest BCUT2D eigenvalue weighted by Crippen LogP contribution is 2.61. The molecule has 2 amide bonds. The second-order valence-corrected chi connectivity index (χ2v) is 10.1. The standard InChI is InChI=1S/C19H25N7O2S/c1-25(2)15(27)10-26-9-14(21-24-26)16(28)20-18-23-22-17(29-18)19-6-11-3-12(7-19)5-13(4-11)8-19/h9,11-13H,3-8,10H2,1-2H3,(H,20,23,28). The number of aromatic nitrogens is 5. The Morgan fingerprint density at radius 2 is 1.79 bits per heavy atom. The number of carbonyl (C=O) groups excluding carboxylic acids is 2. The van der Waals surface area contributed by atoms with Crippen molar-refractivity contribution in [1.82, 2.24) is 30.1 Å². The third-order valence-corrected chi connectivity index (χ3v) is 7.79. The maximum Gasteiger partial charge on any atom is 0.279 e. The highest BCUT2D eigenvalue weighted by Gasteiger charge is 2.53. The van der Waals surface area contributed by atoms with E-state index in [1.54, 1.807) is 14.1 Å². The minimum atomic E-state index is -0.387. The van der Waals surface area contributed by atoms with Crippen LogP contribution in [0.1, 0.15) is 54.0 Å². The zero-order valence-electron chi connectivity index (χ0n) is 16.7. The van der Waals surface area contributed by atoms with Gasteiger partial charge in [0.15, 0.2) is 5.69 Å². The molecule has 0 spiro atoms. The number of rotatable bonds is 5. The Bertz CT molecular complexity index is 915.